The second-order valence-electron chi connectivity index (χ2n) is 4.62. The Balaban J connectivity index is 3.64. The minimum atomic E-state index is -3.19. The first-order valence-corrected chi connectivity index (χ1v) is 7.81. The predicted molar refractivity (Wildman–Crippen MR) is 70.3 cm³/mol. The van der Waals surface area contributed by atoms with Crippen LogP contribution in [0.15, 0.2) is 0 Å². The standard InChI is InChI=1S/C11H26N2O3S/c1-10(2)16-7-8-17(14,15)13-6-4-5-11(3)9-12/h10-11,13H,4-9,12H2,1-3H3. The van der Waals surface area contributed by atoms with Gasteiger partial charge in [0.15, 0.2) is 0 Å². The summed E-state index contributed by atoms with van der Waals surface area (Å²) in [5, 5.41) is 0. The highest BCUT2D eigenvalue weighted by molar-refractivity contribution is 7.89. The van der Waals surface area contributed by atoms with E-state index in [1.165, 1.54) is 0 Å². The fourth-order valence-corrected chi connectivity index (χ4v) is 2.18. The average Bonchev–Trinajstić information content (AvgIpc) is 2.23. The summed E-state index contributed by atoms with van der Waals surface area (Å²) < 4.78 is 30.8. The maximum absolute atomic E-state index is 11.5. The molecule has 0 heterocycles. The molecule has 3 N–H and O–H groups in total. The van der Waals surface area contributed by atoms with E-state index in [-0.39, 0.29) is 18.5 Å². The van der Waals surface area contributed by atoms with E-state index >= 15 is 0 Å². The van der Waals surface area contributed by atoms with E-state index in [9.17, 15) is 8.42 Å². The van der Waals surface area contributed by atoms with Crippen LogP contribution in [0.5, 0.6) is 0 Å². The molecule has 5 nitrogen and oxygen atoms in total. The number of hydrogen-bond acceptors (Lipinski definition) is 4. The highest BCUT2D eigenvalue weighted by atomic mass is 32.2. The van der Waals surface area contributed by atoms with Crippen LogP contribution in [-0.4, -0.2) is 40.0 Å². The van der Waals surface area contributed by atoms with Crippen LogP contribution in [0, 0.1) is 5.92 Å². The second-order valence-corrected chi connectivity index (χ2v) is 6.54. The maximum atomic E-state index is 11.5. The fraction of sp³-hybridized carbons (Fsp3) is 1.00. The monoisotopic (exact) mass is 266 g/mol. The molecule has 0 aliphatic carbocycles. The van der Waals surface area contributed by atoms with E-state index in [4.69, 9.17) is 10.5 Å². The van der Waals surface area contributed by atoms with Crippen molar-refractivity contribution >= 4 is 10.0 Å². The molecule has 0 aromatic heterocycles. The molecule has 0 saturated heterocycles. The zero-order valence-corrected chi connectivity index (χ0v) is 11.9. The zero-order valence-electron chi connectivity index (χ0n) is 11.1. The smallest absolute Gasteiger partial charge is 0.213 e. The van der Waals surface area contributed by atoms with Gasteiger partial charge in [-0.1, -0.05) is 6.92 Å². The third-order valence-corrected chi connectivity index (χ3v) is 3.75. The first-order chi connectivity index (χ1) is 7.87. The molecule has 0 aliphatic heterocycles. The van der Waals surface area contributed by atoms with Crippen molar-refractivity contribution in [3.63, 3.8) is 0 Å². The molecule has 0 bridgehead atoms. The van der Waals surface area contributed by atoms with Crippen LogP contribution in [0.3, 0.4) is 0 Å². The molecule has 1 atom stereocenters. The Hall–Kier alpha value is -0.170. The van der Waals surface area contributed by atoms with Crippen LogP contribution in [0.2, 0.25) is 0 Å². The number of nitrogens with two attached hydrogens (primary N) is 1. The molecule has 0 rings (SSSR count). The molecule has 1 unspecified atom stereocenters. The van der Waals surface area contributed by atoms with Crippen LogP contribution in [-0.2, 0) is 14.8 Å². The Bertz CT molecular complexity index is 278. The topological polar surface area (TPSA) is 81.4 Å². The maximum Gasteiger partial charge on any atom is 0.213 e. The predicted octanol–water partition coefficient (Wildman–Crippen LogP) is 0.706. The molecule has 0 amide bonds. The average molecular weight is 266 g/mol. The van der Waals surface area contributed by atoms with E-state index in [2.05, 4.69) is 11.6 Å². The molecule has 0 spiro atoms. The Labute approximate surface area is 105 Å². The van der Waals surface area contributed by atoms with Crippen LogP contribution < -0.4 is 10.5 Å². The summed E-state index contributed by atoms with van der Waals surface area (Å²) in [5.74, 6) is 0.473. The highest BCUT2D eigenvalue weighted by Gasteiger charge is 2.10. The molecule has 17 heavy (non-hydrogen) atoms. The number of hydrogen-bond donors (Lipinski definition) is 2. The number of nitrogens with one attached hydrogen (secondary N) is 1. The van der Waals surface area contributed by atoms with Gasteiger partial charge in [-0.2, -0.15) is 0 Å². The lowest BCUT2D eigenvalue weighted by Crippen LogP contribution is -2.30. The Kier molecular flexibility index (Phi) is 8.77. The van der Waals surface area contributed by atoms with Crippen LogP contribution in [0.25, 0.3) is 0 Å². The molecule has 0 fully saturated rings. The summed E-state index contributed by atoms with van der Waals surface area (Å²) in [6.45, 7) is 7.20. The van der Waals surface area contributed by atoms with E-state index in [1.54, 1.807) is 0 Å². The lowest BCUT2D eigenvalue weighted by atomic mass is 10.1. The van der Waals surface area contributed by atoms with Gasteiger partial charge in [-0.05, 0) is 39.2 Å². The van der Waals surface area contributed by atoms with Gasteiger partial charge < -0.3 is 10.5 Å². The van der Waals surface area contributed by atoms with Crippen LogP contribution in [0.4, 0.5) is 0 Å². The van der Waals surface area contributed by atoms with Crippen molar-refractivity contribution in [2.75, 3.05) is 25.4 Å². The summed E-state index contributed by atoms with van der Waals surface area (Å²) in [6.07, 6.45) is 1.83. The molecule has 6 heteroatoms. The highest BCUT2D eigenvalue weighted by Crippen LogP contribution is 2.02. The fourth-order valence-electron chi connectivity index (χ4n) is 1.26. The van der Waals surface area contributed by atoms with Crippen molar-refractivity contribution in [3.8, 4) is 0 Å². The van der Waals surface area contributed by atoms with Gasteiger partial charge in [0.2, 0.25) is 10.0 Å². The molecule has 0 radical (unpaired) electrons. The van der Waals surface area contributed by atoms with Gasteiger partial charge in [0.1, 0.15) is 0 Å². The first-order valence-electron chi connectivity index (χ1n) is 6.16. The summed E-state index contributed by atoms with van der Waals surface area (Å²) in [5.41, 5.74) is 5.48. The minimum absolute atomic E-state index is 0.0254. The summed E-state index contributed by atoms with van der Waals surface area (Å²) in [4.78, 5) is 0. The lowest BCUT2D eigenvalue weighted by molar-refractivity contribution is 0.0911. The van der Waals surface area contributed by atoms with E-state index in [0.29, 0.717) is 19.0 Å². The van der Waals surface area contributed by atoms with Crippen molar-refractivity contribution < 1.29 is 13.2 Å². The number of sulfonamides is 1. The van der Waals surface area contributed by atoms with Gasteiger partial charge in [0.05, 0.1) is 18.5 Å². The molecule has 0 aliphatic rings. The molecular weight excluding hydrogens is 240 g/mol. The number of ether oxygens (including phenoxy) is 1. The molecule has 0 aromatic rings. The Morgan fingerprint density at radius 2 is 1.94 bits per heavy atom. The van der Waals surface area contributed by atoms with Gasteiger partial charge in [-0.25, -0.2) is 13.1 Å². The van der Waals surface area contributed by atoms with Crippen molar-refractivity contribution in [3.05, 3.63) is 0 Å². The van der Waals surface area contributed by atoms with Crippen LogP contribution in [0.1, 0.15) is 33.6 Å². The van der Waals surface area contributed by atoms with Gasteiger partial charge >= 0.3 is 0 Å². The summed E-state index contributed by atoms with van der Waals surface area (Å²) in [7, 11) is -3.19. The largest absolute Gasteiger partial charge is 0.378 e. The van der Waals surface area contributed by atoms with Crippen molar-refractivity contribution in [1.29, 1.82) is 0 Å². The van der Waals surface area contributed by atoms with Gasteiger partial charge in [-0.15, -0.1) is 0 Å². The molecule has 104 valence electrons. The lowest BCUT2D eigenvalue weighted by Gasteiger charge is -2.10. The summed E-state index contributed by atoms with van der Waals surface area (Å²) >= 11 is 0. The third-order valence-electron chi connectivity index (χ3n) is 2.40. The SMILES string of the molecule is CC(CN)CCCNS(=O)(=O)CCOC(C)C. The van der Waals surface area contributed by atoms with E-state index in [1.807, 2.05) is 13.8 Å². The van der Waals surface area contributed by atoms with Crippen LogP contribution >= 0.6 is 0 Å². The third kappa shape index (κ3) is 10.7. The molecular formula is C11H26N2O3S. The van der Waals surface area contributed by atoms with Crippen molar-refractivity contribution in [2.24, 2.45) is 11.7 Å². The van der Waals surface area contributed by atoms with E-state index in [0.717, 1.165) is 12.8 Å². The first kappa shape index (κ1) is 16.8. The van der Waals surface area contributed by atoms with Crippen molar-refractivity contribution in [2.45, 2.75) is 39.7 Å². The summed E-state index contributed by atoms with van der Waals surface area (Å²) in [6, 6.07) is 0. The second kappa shape index (κ2) is 8.85. The normalized spacial score (nSPS) is 14.2. The van der Waals surface area contributed by atoms with Gasteiger partial charge in [-0.3, -0.25) is 0 Å². The van der Waals surface area contributed by atoms with Gasteiger partial charge in [0.25, 0.3) is 0 Å². The molecule has 0 aromatic carbocycles. The zero-order chi connectivity index (χ0) is 13.3. The quantitative estimate of drug-likeness (QED) is 0.570. The Morgan fingerprint density at radius 1 is 1.29 bits per heavy atom. The Morgan fingerprint density at radius 3 is 2.47 bits per heavy atom. The van der Waals surface area contributed by atoms with E-state index < -0.39 is 10.0 Å². The molecule has 0 saturated carbocycles. The minimum Gasteiger partial charge on any atom is -0.378 e. The number of rotatable bonds is 10. The van der Waals surface area contributed by atoms with Crippen molar-refractivity contribution in [1.82, 2.24) is 4.72 Å². The van der Waals surface area contributed by atoms with Gasteiger partial charge in [0, 0.05) is 6.54 Å².